The maximum atomic E-state index is 12.4. The van der Waals surface area contributed by atoms with Gasteiger partial charge in [0.1, 0.15) is 0 Å². The van der Waals surface area contributed by atoms with Crippen LogP contribution in [0.1, 0.15) is 36.5 Å². The highest BCUT2D eigenvalue weighted by Crippen LogP contribution is 2.35. The van der Waals surface area contributed by atoms with Crippen LogP contribution in [-0.4, -0.2) is 19.6 Å². The van der Waals surface area contributed by atoms with E-state index in [9.17, 15) is 13.5 Å². The Morgan fingerprint density at radius 3 is 2.58 bits per heavy atom. The molecule has 106 valence electrons. The quantitative estimate of drug-likeness (QED) is 0.867. The summed E-state index contributed by atoms with van der Waals surface area (Å²) in [6.45, 7) is 5.58. The van der Waals surface area contributed by atoms with Gasteiger partial charge in [0.25, 0.3) is 0 Å². The van der Waals surface area contributed by atoms with Crippen molar-refractivity contribution in [1.29, 1.82) is 0 Å². The summed E-state index contributed by atoms with van der Waals surface area (Å²) in [5, 5.41) is 9.20. The normalized spacial score (nSPS) is 22.5. The summed E-state index contributed by atoms with van der Waals surface area (Å²) in [6, 6.07) is 3.46. The van der Waals surface area contributed by atoms with Gasteiger partial charge in [0.15, 0.2) is 0 Å². The lowest BCUT2D eigenvalue weighted by Crippen LogP contribution is -2.28. The van der Waals surface area contributed by atoms with E-state index in [-0.39, 0.29) is 12.6 Å². The molecule has 0 radical (unpaired) electrons. The van der Waals surface area contributed by atoms with E-state index < -0.39 is 10.0 Å². The maximum Gasteiger partial charge on any atom is 0.241 e. The Bertz CT molecular complexity index is 581. The second kappa shape index (κ2) is 5.23. The summed E-state index contributed by atoms with van der Waals surface area (Å²) in [5.41, 5.74) is 2.26. The average Bonchev–Trinajstić information content (AvgIpc) is 3.09. The van der Waals surface area contributed by atoms with E-state index >= 15 is 0 Å². The Morgan fingerprint density at radius 2 is 2.05 bits per heavy atom. The second-order valence-electron chi connectivity index (χ2n) is 5.33. The van der Waals surface area contributed by atoms with Gasteiger partial charge in [-0.3, -0.25) is 0 Å². The average molecular weight is 283 g/mol. The van der Waals surface area contributed by atoms with Crippen LogP contribution in [0.2, 0.25) is 0 Å². The minimum Gasteiger partial charge on any atom is -0.392 e. The van der Waals surface area contributed by atoms with E-state index in [0.717, 1.165) is 24.0 Å². The summed E-state index contributed by atoms with van der Waals surface area (Å²) >= 11 is 0. The standard InChI is InChI=1S/C14H21NO3S/c1-4-12-7-13(12)15-19(17,18)14-6-11(8-16)5-9(2)10(14)3/h5-6,12-13,15-16H,4,7-8H2,1-3H3. The largest absolute Gasteiger partial charge is 0.392 e. The van der Waals surface area contributed by atoms with E-state index in [1.54, 1.807) is 13.0 Å². The second-order valence-corrected chi connectivity index (χ2v) is 7.01. The number of rotatable bonds is 5. The van der Waals surface area contributed by atoms with Crippen molar-refractivity contribution < 1.29 is 13.5 Å². The van der Waals surface area contributed by atoms with Gasteiger partial charge in [-0.05, 0) is 48.9 Å². The lowest BCUT2D eigenvalue weighted by atomic mass is 10.1. The molecule has 1 saturated carbocycles. The predicted molar refractivity (Wildman–Crippen MR) is 74.3 cm³/mol. The Labute approximate surface area is 114 Å². The first-order chi connectivity index (χ1) is 8.89. The van der Waals surface area contributed by atoms with Crippen LogP contribution < -0.4 is 4.72 Å². The summed E-state index contributed by atoms with van der Waals surface area (Å²) in [5.74, 6) is 0.470. The highest BCUT2D eigenvalue weighted by Gasteiger charge is 2.39. The predicted octanol–water partition coefficient (Wildman–Crippen LogP) is 1.87. The van der Waals surface area contributed by atoms with Gasteiger partial charge < -0.3 is 5.11 Å². The van der Waals surface area contributed by atoms with Crippen LogP contribution in [0.3, 0.4) is 0 Å². The third-order valence-corrected chi connectivity index (χ3v) is 5.52. The Hall–Kier alpha value is -0.910. The molecule has 19 heavy (non-hydrogen) atoms. The lowest BCUT2D eigenvalue weighted by Gasteiger charge is -2.13. The minimum atomic E-state index is -3.49. The number of hydrogen-bond donors (Lipinski definition) is 2. The number of sulfonamides is 1. The zero-order valence-corrected chi connectivity index (χ0v) is 12.4. The van der Waals surface area contributed by atoms with Gasteiger partial charge in [-0.2, -0.15) is 0 Å². The van der Waals surface area contributed by atoms with Crippen LogP contribution in [-0.2, 0) is 16.6 Å². The number of nitrogens with one attached hydrogen (secondary N) is 1. The SMILES string of the molecule is CCC1CC1NS(=O)(=O)c1cc(CO)cc(C)c1C. The molecule has 0 amide bonds. The van der Waals surface area contributed by atoms with Crippen LogP contribution in [0.25, 0.3) is 0 Å². The number of hydrogen-bond acceptors (Lipinski definition) is 3. The smallest absolute Gasteiger partial charge is 0.241 e. The molecule has 2 atom stereocenters. The summed E-state index contributed by atoms with van der Waals surface area (Å²) < 4.78 is 27.5. The van der Waals surface area contributed by atoms with Crippen molar-refractivity contribution in [3.05, 3.63) is 28.8 Å². The van der Waals surface area contributed by atoms with Crippen molar-refractivity contribution in [2.45, 2.75) is 51.2 Å². The van der Waals surface area contributed by atoms with Crippen molar-refractivity contribution in [1.82, 2.24) is 4.72 Å². The first-order valence-corrected chi connectivity index (χ1v) is 8.10. The molecule has 1 aliphatic rings. The molecule has 0 spiro atoms. The van der Waals surface area contributed by atoms with Gasteiger partial charge in [0, 0.05) is 6.04 Å². The highest BCUT2D eigenvalue weighted by atomic mass is 32.2. The van der Waals surface area contributed by atoms with Gasteiger partial charge in [-0.25, -0.2) is 13.1 Å². The molecule has 0 aromatic heterocycles. The Kier molecular flexibility index (Phi) is 3.99. The monoisotopic (exact) mass is 283 g/mol. The van der Waals surface area contributed by atoms with Gasteiger partial charge in [-0.1, -0.05) is 19.4 Å². The van der Waals surface area contributed by atoms with Crippen molar-refractivity contribution >= 4 is 10.0 Å². The lowest BCUT2D eigenvalue weighted by molar-refractivity contribution is 0.281. The van der Waals surface area contributed by atoms with Crippen LogP contribution in [0.5, 0.6) is 0 Å². The van der Waals surface area contributed by atoms with E-state index in [0.29, 0.717) is 16.4 Å². The van der Waals surface area contributed by atoms with Crippen molar-refractivity contribution in [2.24, 2.45) is 5.92 Å². The minimum absolute atomic E-state index is 0.0764. The number of aryl methyl sites for hydroxylation is 1. The molecule has 2 N–H and O–H groups in total. The topological polar surface area (TPSA) is 66.4 Å². The molecule has 2 unspecified atom stereocenters. The summed E-state index contributed by atoms with van der Waals surface area (Å²) in [7, 11) is -3.49. The van der Waals surface area contributed by atoms with Gasteiger partial charge in [-0.15, -0.1) is 0 Å². The summed E-state index contributed by atoms with van der Waals surface area (Å²) in [6.07, 6.45) is 1.93. The van der Waals surface area contributed by atoms with Gasteiger partial charge in [0.2, 0.25) is 10.0 Å². The number of benzene rings is 1. The van der Waals surface area contributed by atoms with E-state index in [1.165, 1.54) is 0 Å². The molecule has 0 aliphatic heterocycles. The third-order valence-electron chi connectivity index (χ3n) is 3.91. The molecule has 0 bridgehead atoms. The zero-order valence-electron chi connectivity index (χ0n) is 11.6. The fraction of sp³-hybridized carbons (Fsp3) is 0.571. The molecule has 1 fully saturated rings. The molecule has 1 aromatic carbocycles. The van der Waals surface area contributed by atoms with Crippen molar-refractivity contribution in [3.63, 3.8) is 0 Å². The van der Waals surface area contributed by atoms with Crippen molar-refractivity contribution in [3.8, 4) is 0 Å². The fourth-order valence-corrected chi connectivity index (χ4v) is 4.06. The number of aliphatic hydroxyl groups excluding tert-OH is 1. The first-order valence-electron chi connectivity index (χ1n) is 6.62. The maximum absolute atomic E-state index is 12.4. The van der Waals surface area contributed by atoms with Crippen LogP contribution in [0.15, 0.2) is 17.0 Å². The number of aliphatic hydroxyl groups is 1. The third kappa shape index (κ3) is 2.99. The first kappa shape index (κ1) is 14.5. The van der Waals surface area contributed by atoms with Crippen LogP contribution in [0.4, 0.5) is 0 Å². The summed E-state index contributed by atoms with van der Waals surface area (Å²) in [4.78, 5) is 0.290. The Morgan fingerprint density at radius 1 is 1.37 bits per heavy atom. The Balaban J connectivity index is 2.32. The molecule has 1 aliphatic carbocycles. The molecule has 1 aromatic rings. The highest BCUT2D eigenvalue weighted by molar-refractivity contribution is 7.89. The molecule has 0 saturated heterocycles. The molecule has 2 rings (SSSR count). The molecular formula is C14H21NO3S. The molecule has 0 heterocycles. The van der Waals surface area contributed by atoms with Gasteiger partial charge >= 0.3 is 0 Å². The molecular weight excluding hydrogens is 262 g/mol. The van der Waals surface area contributed by atoms with E-state index in [1.807, 2.05) is 13.0 Å². The van der Waals surface area contributed by atoms with Gasteiger partial charge in [0.05, 0.1) is 11.5 Å². The van der Waals surface area contributed by atoms with Crippen LogP contribution in [0, 0.1) is 19.8 Å². The molecule has 4 nitrogen and oxygen atoms in total. The van der Waals surface area contributed by atoms with Crippen LogP contribution >= 0.6 is 0 Å². The molecule has 5 heteroatoms. The zero-order chi connectivity index (χ0) is 14.2. The van der Waals surface area contributed by atoms with E-state index in [2.05, 4.69) is 11.6 Å². The van der Waals surface area contributed by atoms with E-state index in [4.69, 9.17) is 0 Å². The fourth-order valence-electron chi connectivity index (χ4n) is 2.38. The van der Waals surface area contributed by atoms with Crippen molar-refractivity contribution in [2.75, 3.05) is 0 Å².